The average Bonchev–Trinajstić information content (AvgIpc) is 2.89. The Morgan fingerprint density at radius 3 is 2.43 bits per heavy atom. The van der Waals surface area contributed by atoms with Crippen molar-refractivity contribution in [2.45, 2.75) is 50.6 Å². The van der Waals surface area contributed by atoms with Crippen molar-refractivity contribution in [1.29, 1.82) is 0 Å². The van der Waals surface area contributed by atoms with Gasteiger partial charge in [-0.1, -0.05) is 60.1 Å². The third-order valence-electron chi connectivity index (χ3n) is 6.91. The molecule has 1 aliphatic carbocycles. The van der Waals surface area contributed by atoms with Crippen LogP contribution in [0.3, 0.4) is 0 Å². The van der Waals surface area contributed by atoms with Gasteiger partial charge in [0.05, 0.1) is 5.52 Å². The summed E-state index contributed by atoms with van der Waals surface area (Å²) in [6, 6.07) is 26.9. The van der Waals surface area contributed by atoms with Crippen molar-refractivity contribution in [3.8, 4) is 0 Å². The summed E-state index contributed by atoms with van der Waals surface area (Å²) in [5.74, 6) is 0.0436. The Balaban J connectivity index is 1.17. The number of aryl methyl sites for hydroxylation is 2. The number of carbonyl (C=O) groups excluding carboxylic acids is 1. The number of fused-ring (bicyclic) bond motifs is 1. The highest BCUT2D eigenvalue weighted by Gasteiger charge is 2.24. The minimum absolute atomic E-state index is 0.0436. The highest BCUT2D eigenvalue weighted by atomic mass is 35.5. The van der Waals surface area contributed by atoms with Crippen LogP contribution < -0.4 is 10.6 Å². The molecule has 35 heavy (non-hydrogen) atoms. The molecule has 1 aromatic heterocycles. The van der Waals surface area contributed by atoms with Crippen LogP contribution >= 0.6 is 11.6 Å². The van der Waals surface area contributed by atoms with Crippen molar-refractivity contribution in [1.82, 2.24) is 10.3 Å². The predicted molar refractivity (Wildman–Crippen MR) is 144 cm³/mol. The molecule has 0 atom stereocenters. The molecule has 4 aromatic rings. The maximum absolute atomic E-state index is 13.1. The van der Waals surface area contributed by atoms with Crippen LogP contribution in [0.1, 0.15) is 47.2 Å². The Bertz CT molecular complexity index is 1300. The number of pyridine rings is 1. The molecule has 1 fully saturated rings. The molecule has 5 rings (SSSR count). The van der Waals surface area contributed by atoms with Crippen LogP contribution in [0.2, 0.25) is 5.02 Å². The quantitative estimate of drug-likeness (QED) is 0.303. The molecule has 0 bridgehead atoms. The first-order chi connectivity index (χ1) is 17.2. The van der Waals surface area contributed by atoms with Crippen molar-refractivity contribution in [3.05, 3.63) is 107 Å². The second kappa shape index (κ2) is 10.9. The lowest BCUT2D eigenvalue weighted by Crippen LogP contribution is -2.40. The van der Waals surface area contributed by atoms with Crippen LogP contribution in [0.15, 0.2) is 85.1 Å². The molecule has 0 unspecified atom stereocenters. The molecule has 2 N–H and O–H groups in total. The number of halogens is 1. The summed E-state index contributed by atoms with van der Waals surface area (Å²) < 4.78 is 0. The highest BCUT2D eigenvalue weighted by Crippen LogP contribution is 2.28. The van der Waals surface area contributed by atoms with Gasteiger partial charge in [-0.15, -0.1) is 0 Å². The van der Waals surface area contributed by atoms with Gasteiger partial charge in [0.25, 0.3) is 5.91 Å². The lowest BCUT2D eigenvalue weighted by Gasteiger charge is -2.30. The monoisotopic (exact) mass is 483 g/mol. The van der Waals surface area contributed by atoms with Crippen molar-refractivity contribution in [2.75, 3.05) is 5.32 Å². The van der Waals surface area contributed by atoms with Gasteiger partial charge in [0.2, 0.25) is 0 Å². The smallest absolute Gasteiger partial charge is 0.251 e. The van der Waals surface area contributed by atoms with Crippen LogP contribution in [-0.4, -0.2) is 23.0 Å². The zero-order valence-electron chi connectivity index (χ0n) is 19.7. The SMILES string of the molecule is O=C(N[C@H]1CC[C@@H](Nc2ccnc3cc(Cl)ccc23)CC1)c1ccccc1CCc1ccccc1. The van der Waals surface area contributed by atoms with E-state index in [1.54, 1.807) is 0 Å². The number of nitrogens with zero attached hydrogens (tertiary/aromatic N) is 1. The van der Waals surface area contributed by atoms with Gasteiger partial charge in [0.15, 0.2) is 0 Å². The molecule has 0 aliphatic heterocycles. The number of carbonyl (C=O) groups is 1. The fourth-order valence-electron chi connectivity index (χ4n) is 5.00. The van der Waals surface area contributed by atoms with E-state index in [-0.39, 0.29) is 11.9 Å². The number of aromatic nitrogens is 1. The van der Waals surface area contributed by atoms with E-state index in [9.17, 15) is 4.79 Å². The van der Waals surface area contributed by atoms with Crippen LogP contribution in [0.4, 0.5) is 5.69 Å². The summed E-state index contributed by atoms with van der Waals surface area (Å²) in [5, 5.41) is 8.77. The summed E-state index contributed by atoms with van der Waals surface area (Å²) in [5.41, 5.74) is 5.18. The first kappa shape index (κ1) is 23.4. The zero-order valence-corrected chi connectivity index (χ0v) is 20.5. The molecule has 1 saturated carbocycles. The zero-order chi connectivity index (χ0) is 24.0. The molecule has 5 heteroatoms. The van der Waals surface area contributed by atoms with Crippen LogP contribution in [0, 0.1) is 0 Å². The van der Waals surface area contributed by atoms with E-state index < -0.39 is 0 Å². The predicted octanol–water partition coefficient (Wildman–Crippen LogP) is 6.83. The normalized spacial score (nSPS) is 17.7. The second-order valence-electron chi connectivity index (χ2n) is 9.33. The Hall–Kier alpha value is -3.37. The third-order valence-corrected chi connectivity index (χ3v) is 7.15. The maximum Gasteiger partial charge on any atom is 0.251 e. The molecular weight excluding hydrogens is 454 g/mol. The number of hydrogen-bond acceptors (Lipinski definition) is 3. The summed E-state index contributed by atoms with van der Waals surface area (Å²) in [6.45, 7) is 0. The molecule has 4 nitrogen and oxygen atoms in total. The Morgan fingerprint density at radius 1 is 0.857 bits per heavy atom. The fraction of sp³-hybridized carbons (Fsp3) is 0.267. The first-order valence-corrected chi connectivity index (χ1v) is 12.8. The van der Waals surface area contributed by atoms with Crippen molar-refractivity contribution < 1.29 is 4.79 Å². The van der Waals surface area contributed by atoms with Crippen LogP contribution in [0.25, 0.3) is 10.9 Å². The number of hydrogen-bond donors (Lipinski definition) is 2. The number of rotatable bonds is 7. The number of nitrogens with one attached hydrogen (secondary N) is 2. The number of amides is 1. The molecule has 1 amide bonds. The van der Waals surface area contributed by atoms with Crippen LogP contribution in [0.5, 0.6) is 0 Å². The lowest BCUT2D eigenvalue weighted by atomic mass is 9.90. The van der Waals surface area contributed by atoms with Gasteiger partial charge in [-0.25, -0.2) is 0 Å². The highest BCUT2D eigenvalue weighted by molar-refractivity contribution is 6.31. The van der Waals surface area contributed by atoms with E-state index in [2.05, 4.69) is 45.9 Å². The summed E-state index contributed by atoms with van der Waals surface area (Å²) in [4.78, 5) is 17.6. The van der Waals surface area contributed by atoms with E-state index in [0.717, 1.165) is 66.2 Å². The van der Waals surface area contributed by atoms with Gasteiger partial charge in [0, 0.05) is 39.9 Å². The van der Waals surface area contributed by atoms with E-state index >= 15 is 0 Å². The van der Waals surface area contributed by atoms with Gasteiger partial charge in [0.1, 0.15) is 0 Å². The molecule has 1 aliphatic rings. The largest absolute Gasteiger partial charge is 0.382 e. The fourth-order valence-corrected chi connectivity index (χ4v) is 5.16. The Kier molecular flexibility index (Phi) is 7.29. The average molecular weight is 484 g/mol. The number of benzene rings is 3. The number of anilines is 1. The molecule has 3 aromatic carbocycles. The maximum atomic E-state index is 13.1. The summed E-state index contributed by atoms with van der Waals surface area (Å²) >= 11 is 6.13. The van der Waals surface area contributed by atoms with E-state index in [0.29, 0.717) is 11.1 Å². The molecule has 178 valence electrons. The van der Waals surface area contributed by atoms with Crippen molar-refractivity contribution in [3.63, 3.8) is 0 Å². The van der Waals surface area contributed by atoms with Gasteiger partial charge in [-0.2, -0.15) is 0 Å². The summed E-state index contributed by atoms with van der Waals surface area (Å²) in [6.07, 6.45) is 7.56. The van der Waals surface area contributed by atoms with Crippen molar-refractivity contribution in [2.24, 2.45) is 0 Å². The minimum atomic E-state index is 0.0436. The van der Waals surface area contributed by atoms with Crippen molar-refractivity contribution >= 4 is 34.1 Å². The second-order valence-corrected chi connectivity index (χ2v) is 9.77. The molecule has 0 radical (unpaired) electrons. The summed E-state index contributed by atoms with van der Waals surface area (Å²) in [7, 11) is 0. The Morgan fingerprint density at radius 2 is 1.60 bits per heavy atom. The van der Waals surface area contributed by atoms with Gasteiger partial charge < -0.3 is 10.6 Å². The standard InChI is InChI=1S/C30H30ClN3O/c31-23-12-17-27-28(18-19-32-29(27)20-23)33-24-13-15-25(16-14-24)34-30(35)26-9-5-4-8-22(26)11-10-21-6-2-1-3-7-21/h1-9,12,17-20,24-25H,10-11,13-16H2,(H,32,33)(H,34,35)/t24-,25+. The van der Waals surface area contributed by atoms with Crippen LogP contribution in [-0.2, 0) is 12.8 Å². The van der Waals surface area contributed by atoms with E-state index in [1.165, 1.54) is 5.56 Å². The van der Waals surface area contributed by atoms with Gasteiger partial charge >= 0.3 is 0 Å². The van der Waals surface area contributed by atoms with E-state index in [1.807, 2.05) is 54.7 Å². The molecule has 0 spiro atoms. The van der Waals surface area contributed by atoms with Gasteiger partial charge in [-0.3, -0.25) is 9.78 Å². The van der Waals surface area contributed by atoms with E-state index in [4.69, 9.17) is 11.6 Å². The third kappa shape index (κ3) is 5.83. The Labute approximate surface area is 211 Å². The minimum Gasteiger partial charge on any atom is -0.382 e. The first-order valence-electron chi connectivity index (χ1n) is 12.4. The van der Waals surface area contributed by atoms with Gasteiger partial charge in [-0.05, 0) is 80.0 Å². The molecular formula is C30H30ClN3O. The molecule has 0 saturated heterocycles. The topological polar surface area (TPSA) is 54.0 Å². The molecule has 1 heterocycles. The lowest BCUT2D eigenvalue weighted by molar-refractivity contribution is 0.0925.